The second-order valence-electron chi connectivity index (χ2n) is 4.72. The summed E-state index contributed by atoms with van der Waals surface area (Å²) in [5, 5.41) is 3.63. The third kappa shape index (κ3) is 4.80. The molecule has 3 nitrogen and oxygen atoms in total. The van der Waals surface area contributed by atoms with Gasteiger partial charge in [-0.3, -0.25) is 4.79 Å². The molecular weight excluding hydrogens is 286 g/mol. The number of nitrogens with one attached hydrogen (secondary N) is 1. The number of amides is 1. The van der Waals surface area contributed by atoms with Crippen LogP contribution in [0, 0.1) is 0 Å². The summed E-state index contributed by atoms with van der Waals surface area (Å²) in [5.41, 5.74) is 2.00. The number of benzene rings is 2. The van der Waals surface area contributed by atoms with E-state index in [0.29, 0.717) is 18.0 Å². The van der Waals surface area contributed by atoms with Crippen molar-refractivity contribution in [3.8, 4) is 5.75 Å². The summed E-state index contributed by atoms with van der Waals surface area (Å²) in [7, 11) is 1.61. The lowest BCUT2D eigenvalue weighted by molar-refractivity contribution is -0.120. The maximum atomic E-state index is 11.9. The van der Waals surface area contributed by atoms with E-state index in [1.807, 2.05) is 48.5 Å². The Balaban J connectivity index is 1.82. The number of hydrogen-bond donors (Lipinski definition) is 1. The van der Waals surface area contributed by atoms with Crippen molar-refractivity contribution in [1.29, 1.82) is 0 Å². The predicted molar refractivity (Wildman–Crippen MR) is 84.9 cm³/mol. The molecule has 4 heteroatoms. The topological polar surface area (TPSA) is 38.3 Å². The van der Waals surface area contributed by atoms with Crippen LogP contribution in [0.2, 0.25) is 5.02 Å². The molecule has 1 N–H and O–H groups in total. The van der Waals surface area contributed by atoms with Crippen LogP contribution in [0.5, 0.6) is 5.75 Å². The van der Waals surface area contributed by atoms with Gasteiger partial charge in [0.05, 0.1) is 13.5 Å². The average molecular weight is 304 g/mol. The monoisotopic (exact) mass is 303 g/mol. The van der Waals surface area contributed by atoms with E-state index in [1.165, 1.54) is 0 Å². The summed E-state index contributed by atoms with van der Waals surface area (Å²) >= 11 is 5.93. The first-order valence-corrected chi connectivity index (χ1v) is 7.20. The Morgan fingerprint density at radius 2 is 2.00 bits per heavy atom. The molecule has 0 aliphatic rings. The summed E-state index contributed by atoms with van der Waals surface area (Å²) in [6.07, 6.45) is 1.08. The highest BCUT2D eigenvalue weighted by Crippen LogP contribution is 2.17. The summed E-state index contributed by atoms with van der Waals surface area (Å²) < 4.78 is 5.24. The van der Waals surface area contributed by atoms with Crippen LogP contribution in [0.15, 0.2) is 48.5 Å². The van der Waals surface area contributed by atoms with Gasteiger partial charge in [0.2, 0.25) is 5.91 Å². The van der Waals surface area contributed by atoms with Crippen LogP contribution in [-0.4, -0.2) is 19.6 Å². The van der Waals surface area contributed by atoms with Crippen LogP contribution in [0.1, 0.15) is 11.1 Å². The van der Waals surface area contributed by atoms with Crippen molar-refractivity contribution in [2.75, 3.05) is 13.7 Å². The molecule has 0 unspecified atom stereocenters. The molecule has 0 bridgehead atoms. The minimum Gasteiger partial charge on any atom is -0.496 e. The molecule has 0 spiro atoms. The molecule has 0 saturated carbocycles. The van der Waals surface area contributed by atoms with Gasteiger partial charge in [0, 0.05) is 17.1 Å². The van der Waals surface area contributed by atoms with Crippen molar-refractivity contribution < 1.29 is 9.53 Å². The van der Waals surface area contributed by atoms with Gasteiger partial charge in [-0.15, -0.1) is 0 Å². The average Bonchev–Trinajstić information content (AvgIpc) is 2.48. The molecule has 21 heavy (non-hydrogen) atoms. The van der Waals surface area contributed by atoms with Gasteiger partial charge in [-0.1, -0.05) is 41.9 Å². The SMILES string of the molecule is COc1ccccc1CC(=O)NCCc1cccc(Cl)c1. The Morgan fingerprint density at radius 3 is 2.76 bits per heavy atom. The van der Waals surface area contributed by atoms with Gasteiger partial charge in [-0.05, 0) is 30.2 Å². The molecule has 2 rings (SSSR count). The minimum atomic E-state index is -0.0125. The second kappa shape index (κ2) is 7.70. The van der Waals surface area contributed by atoms with E-state index in [1.54, 1.807) is 7.11 Å². The number of rotatable bonds is 6. The number of hydrogen-bond acceptors (Lipinski definition) is 2. The van der Waals surface area contributed by atoms with Crippen LogP contribution in [-0.2, 0) is 17.6 Å². The third-order valence-corrected chi connectivity index (χ3v) is 3.40. The largest absolute Gasteiger partial charge is 0.496 e. The maximum absolute atomic E-state index is 11.9. The fourth-order valence-electron chi connectivity index (χ4n) is 2.12. The van der Waals surface area contributed by atoms with Crippen molar-refractivity contribution >= 4 is 17.5 Å². The molecule has 0 radical (unpaired) electrons. The van der Waals surface area contributed by atoms with E-state index in [9.17, 15) is 4.79 Å². The van der Waals surface area contributed by atoms with Crippen molar-refractivity contribution in [3.05, 3.63) is 64.7 Å². The van der Waals surface area contributed by atoms with Crippen LogP contribution in [0.4, 0.5) is 0 Å². The van der Waals surface area contributed by atoms with E-state index in [4.69, 9.17) is 16.3 Å². The van der Waals surface area contributed by atoms with Crippen molar-refractivity contribution in [2.24, 2.45) is 0 Å². The summed E-state index contributed by atoms with van der Waals surface area (Å²) in [6, 6.07) is 15.2. The van der Waals surface area contributed by atoms with Crippen LogP contribution in [0.25, 0.3) is 0 Å². The molecule has 0 fully saturated rings. The van der Waals surface area contributed by atoms with Gasteiger partial charge in [0.1, 0.15) is 5.75 Å². The number of halogens is 1. The Kier molecular flexibility index (Phi) is 5.64. The molecule has 0 aliphatic carbocycles. The molecule has 0 heterocycles. The van der Waals surface area contributed by atoms with E-state index in [-0.39, 0.29) is 5.91 Å². The number of carbonyl (C=O) groups is 1. The molecule has 110 valence electrons. The van der Waals surface area contributed by atoms with Gasteiger partial charge in [-0.2, -0.15) is 0 Å². The summed E-state index contributed by atoms with van der Waals surface area (Å²) in [6.45, 7) is 0.592. The smallest absolute Gasteiger partial charge is 0.224 e. The third-order valence-electron chi connectivity index (χ3n) is 3.17. The number of para-hydroxylation sites is 1. The molecule has 0 atom stereocenters. The normalized spacial score (nSPS) is 10.2. The Labute approximate surface area is 129 Å². The lowest BCUT2D eigenvalue weighted by Crippen LogP contribution is -2.27. The van der Waals surface area contributed by atoms with Crippen LogP contribution < -0.4 is 10.1 Å². The zero-order valence-electron chi connectivity index (χ0n) is 11.9. The molecule has 2 aromatic carbocycles. The quantitative estimate of drug-likeness (QED) is 0.889. The van der Waals surface area contributed by atoms with Crippen LogP contribution >= 0.6 is 11.6 Å². The number of methoxy groups -OCH3 is 1. The molecular formula is C17H18ClNO2. The molecule has 0 aromatic heterocycles. The Hall–Kier alpha value is -2.00. The van der Waals surface area contributed by atoms with Crippen molar-refractivity contribution in [2.45, 2.75) is 12.8 Å². The fourth-order valence-corrected chi connectivity index (χ4v) is 2.34. The van der Waals surface area contributed by atoms with Gasteiger partial charge in [-0.25, -0.2) is 0 Å². The molecule has 2 aromatic rings. The Bertz CT molecular complexity index is 613. The van der Waals surface area contributed by atoms with Gasteiger partial charge in [0.25, 0.3) is 0 Å². The van der Waals surface area contributed by atoms with Gasteiger partial charge >= 0.3 is 0 Å². The zero-order valence-corrected chi connectivity index (χ0v) is 12.7. The number of ether oxygens (including phenoxy) is 1. The van der Waals surface area contributed by atoms with E-state index in [2.05, 4.69) is 5.32 Å². The van der Waals surface area contributed by atoms with E-state index in [0.717, 1.165) is 23.3 Å². The van der Waals surface area contributed by atoms with Crippen LogP contribution in [0.3, 0.4) is 0 Å². The minimum absolute atomic E-state index is 0.0125. The summed E-state index contributed by atoms with van der Waals surface area (Å²) in [4.78, 5) is 11.9. The fraction of sp³-hybridized carbons (Fsp3) is 0.235. The predicted octanol–water partition coefficient (Wildman–Crippen LogP) is 3.25. The lowest BCUT2D eigenvalue weighted by atomic mass is 10.1. The molecule has 1 amide bonds. The molecule has 0 aliphatic heterocycles. The highest BCUT2D eigenvalue weighted by molar-refractivity contribution is 6.30. The van der Waals surface area contributed by atoms with Gasteiger partial charge < -0.3 is 10.1 Å². The molecule has 0 saturated heterocycles. The first-order chi connectivity index (χ1) is 10.2. The first-order valence-electron chi connectivity index (χ1n) is 6.82. The van der Waals surface area contributed by atoms with Crippen molar-refractivity contribution in [3.63, 3.8) is 0 Å². The Morgan fingerprint density at radius 1 is 1.19 bits per heavy atom. The first kappa shape index (κ1) is 15.4. The zero-order chi connectivity index (χ0) is 15.1. The highest BCUT2D eigenvalue weighted by atomic mass is 35.5. The number of carbonyl (C=O) groups excluding carboxylic acids is 1. The maximum Gasteiger partial charge on any atom is 0.224 e. The second-order valence-corrected chi connectivity index (χ2v) is 5.15. The van der Waals surface area contributed by atoms with E-state index < -0.39 is 0 Å². The summed E-state index contributed by atoms with van der Waals surface area (Å²) in [5.74, 6) is 0.726. The standard InChI is InChI=1S/C17H18ClNO2/c1-21-16-8-3-2-6-14(16)12-17(20)19-10-9-13-5-4-7-15(18)11-13/h2-8,11H,9-10,12H2,1H3,(H,19,20). The highest BCUT2D eigenvalue weighted by Gasteiger charge is 2.07. The van der Waals surface area contributed by atoms with E-state index >= 15 is 0 Å². The van der Waals surface area contributed by atoms with Crippen molar-refractivity contribution in [1.82, 2.24) is 5.32 Å². The lowest BCUT2D eigenvalue weighted by Gasteiger charge is -2.09. The van der Waals surface area contributed by atoms with Gasteiger partial charge in [0.15, 0.2) is 0 Å².